The van der Waals surface area contributed by atoms with Gasteiger partial charge in [-0.05, 0) is 75.1 Å². The molecule has 0 radical (unpaired) electrons. The smallest absolute Gasteiger partial charge is 0.243 e. The van der Waals surface area contributed by atoms with E-state index in [1.54, 1.807) is 10.4 Å². The molecule has 1 atom stereocenters. The van der Waals surface area contributed by atoms with Crippen molar-refractivity contribution in [2.75, 3.05) is 13.1 Å². The molecule has 144 valence electrons. The lowest BCUT2D eigenvalue weighted by molar-refractivity contribution is -0.126. The van der Waals surface area contributed by atoms with Crippen LogP contribution >= 0.6 is 0 Å². The molecule has 5 nitrogen and oxygen atoms in total. The molecule has 0 saturated carbocycles. The minimum atomic E-state index is -3.47. The number of amides is 1. The second-order valence-corrected chi connectivity index (χ2v) is 9.57. The molecule has 1 saturated heterocycles. The average molecular weight is 379 g/mol. The van der Waals surface area contributed by atoms with E-state index in [4.69, 9.17) is 0 Å². The average Bonchev–Trinajstić information content (AvgIpc) is 2.67. The second kappa shape index (κ2) is 8.09. The van der Waals surface area contributed by atoms with Gasteiger partial charge in [0.15, 0.2) is 0 Å². The van der Waals surface area contributed by atoms with E-state index in [-0.39, 0.29) is 17.9 Å². The largest absolute Gasteiger partial charge is 0.353 e. The summed E-state index contributed by atoms with van der Waals surface area (Å²) in [4.78, 5) is 12.7. The van der Waals surface area contributed by atoms with Crippen LogP contribution in [0.2, 0.25) is 0 Å². The van der Waals surface area contributed by atoms with Crippen LogP contribution in [0.25, 0.3) is 0 Å². The molecule has 3 rings (SSSR count). The molecule has 2 aliphatic rings. The van der Waals surface area contributed by atoms with Crippen LogP contribution in [0.15, 0.2) is 23.1 Å². The van der Waals surface area contributed by atoms with E-state index in [9.17, 15) is 13.2 Å². The van der Waals surface area contributed by atoms with Gasteiger partial charge in [0.2, 0.25) is 15.9 Å². The van der Waals surface area contributed by atoms with Crippen LogP contribution in [-0.2, 0) is 27.7 Å². The zero-order chi connectivity index (χ0) is 18.7. The van der Waals surface area contributed by atoms with Crippen molar-refractivity contribution in [3.63, 3.8) is 0 Å². The van der Waals surface area contributed by atoms with Crippen LogP contribution in [0.5, 0.6) is 0 Å². The number of carbonyl (C=O) groups is 1. The van der Waals surface area contributed by atoms with Crippen LogP contribution in [0.4, 0.5) is 0 Å². The number of aryl methyl sites for hydroxylation is 2. The lowest BCUT2D eigenvalue weighted by Gasteiger charge is -2.31. The Morgan fingerprint density at radius 2 is 1.85 bits per heavy atom. The van der Waals surface area contributed by atoms with Crippen molar-refractivity contribution in [1.82, 2.24) is 9.62 Å². The number of nitrogens with zero attached hydrogens (tertiary/aromatic N) is 1. The van der Waals surface area contributed by atoms with E-state index in [1.807, 2.05) is 26.0 Å². The fraction of sp³-hybridized carbons (Fsp3) is 0.650. The van der Waals surface area contributed by atoms with Gasteiger partial charge in [-0.3, -0.25) is 4.79 Å². The van der Waals surface area contributed by atoms with Crippen LogP contribution in [-0.4, -0.2) is 37.8 Å². The SMILES string of the molecule is CC[C@H](C)NC(=O)C1CCN(S(=O)(=O)c2ccc3c(c2)CCCC3)CC1. The molecule has 0 spiro atoms. The maximum atomic E-state index is 13.0. The summed E-state index contributed by atoms with van der Waals surface area (Å²) in [5.41, 5.74) is 2.47. The summed E-state index contributed by atoms with van der Waals surface area (Å²) >= 11 is 0. The van der Waals surface area contributed by atoms with E-state index in [0.29, 0.717) is 30.8 Å². The maximum Gasteiger partial charge on any atom is 0.243 e. The fourth-order valence-corrected chi connectivity index (χ4v) is 5.36. The van der Waals surface area contributed by atoms with E-state index < -0.39 is 10.0 Å². The maximum absolute atomic E-state index is 13.0. The summed E-state index contributed by atoms with van der Waals surface area (Å²) in [6.45, 7) is 4.86. The Labute approximate surface area is 157 Å². The predicted molar refractivity (Wildman–Crippen MR) is 102 cm³/mol. The van der Waals surface area contributed by atoms with Gasteiger partial charge in [0, 0.05) is 25.0 Å². The molecule has 26 heavy (non-hydrogen) atoms. The van der Waals surface area contributed by atoms with Gasteiger partial charge < -0.3 is 5.32 Å². The van der Waals surface area contributed by atoms with Gasteiger partial charge in [-0.2, -0.15) is 4.31 Å². The number of hydrogen-bond acceptors (Lipinski definition) is 3. The van der Waals surface area contributed by atoms with Crippen molar-refractivity contribution in [3.8, 4) is 0 Å². The van der Waals surface area contributed by atoms with Gasteiger partial charge in [0.1, 0.15) is 0 Å². The molecule has 1 aromatic rings. The first-order valence-corrected chi connectivity index (χ1v) is 11.3. The molecule has 1 amide bonds. The third-order valence-electron chi connectivity index (χ3n) is 5.78. The fourth-order valence-electron chi connectivity index (χ4n) is 3.84. The number of piperidine rings is 1. The molecule has 0 aromatic heterocycles. The monoisotopic (exact) mass is 378 g/mol. The Kier molecular flexibility index (Phi) is 6.03. The highest BCUT2D eigenvalue weighted by Crippen LogP contribution is 2.28. The van der Waals surface area contributed by atoms with Gasteiger partial charge in [0.25, 0.3) is 0 Å². The van der Waals surface area contributed by atoms with Crippen molar-refractivity contribution in [2.45, 2.75) is 69.7 Å². The zero-order valence-corrected chi connectivity index (χ0v) is 16.6. The van der Waals surface area contributed by atoms with Crippen molar-refractivity contribution in [2.24, 2.45) is 5.92 Å². The zero-order valence-electron chi connectivity index (χ0n) is 15.8. The molecular formula is C20H30N2O3S. The van der Waals surface area contributed by atoms with E-state index >= 15 is 0 Å². The predicted octanol–water partition coefficient (Wildman–Crippen LogP) is 2.88. The molecule has 0 bridgehead atoms. The number of benzene rings is 1. The molecule has 6 heteroatoms. The highest BCUT2D eigenvalue weighted by atomic mass is 32.2. The van der Waals surface area contributed by atoms with Gasteiger partial charge in [-0.15, -0.1) is 0 Å². The van der Waals surface area contributed by atoms with Gasteiger partial charge in [0.05, 0.1) is 4.90 Å². The van der Waals surface area contributed by atoms with Crippen molar-refractivity contribution >= 4 is 15.9 Å². The molecule has 1 fully saturated rings. The highest BCUT2D eigenvalue weighted by molar-refractivity contribution is 7.89. The summed E-state index contributed by atoms with van der Waals surface area (Å²) in [6.07, 6.45) is 6.41. The number of fused-ring (bicyclic) bond motifs is 1. The number of sulfonamides is 1. The molecule has 0 unspecified atom stereocenters. The Hall–Kier alpha value is -1.40. The minimum Gasteiger partial charge on any atom is -0.353 e. The van der Waals surface area contributed by atoms with Crippen LogP contribution in [0.3, 0.4) is 0 Å². The number of hydrogen-bond donors (Lipinski definition) is 1. The third kappa shape index (κ3) is 4.12. The topological polar surface area (TPSA) is 66.5 Å². The van der Waals surface area contributed by atoms with Crippen LogP contribution in [0, 0.1) is 5.92 Å². The first-order chi connectivity index (χ1) is 12.4. The molecular weight excluding hydrogens is 348 g/mol. The third-order valence-corrected chi connectivity index (χ3v) is 7.68. The van der Waals surface area contributed by atoms with Crippen molar-refractivity contribution in [3.05, 3.63) is 29.3 Å². The summed E-state index contributed by atoms with van der Waals surface area (Å²) in [6, 6.07) is 5.76. The van der Waals surface area contributed by atoms with E-state index in [0.717, 1.165) is 25.7 Å². The van der Waals surface area contributed by atoms with E-state index in [1.165, 1.54) is 17.5 Å². The summed E-state index contributed by atoms with van der Waals surface area (Å²) in [5, 5.41) is 3.01. The number of nitrogens with one attached hydrogen (secondary N) is 1. The lowest BCUT2D eigenvalue weighted by Crippen LogP contribution is -2.44. The summed E-state index contributed by atoms with van der Waals surface area (Å²) in [5.74, 6) is -0.0239. The summed E-state index contributed by atoms with van der Waals surface area (Å²) < 4.78 is 27.5. The number of carbonyl (C=O) groups excluding carboxylic acids is 1. The van der Waals surface area contributed by atoms with Gasteiger partial charge >= 0.3 is 0 Å². The standard InChI is InChI=1S/C20H30N2O3S/c1-3-15(2)21-20(23)17-10-12-22(13-11-17)26(24,25)19-9-8-16-6-4-5-7-18(16)14-19/h8-9,14-15,17H,3-7,10-13H2,1-2H3,(H,21,23)/t15-/m0/s1. The highest BCUT2D eigenvalue weighted by Gasteiger charge is 2.32. The van der Waals surface area contributed by atoms with Crippen molar-refractivity contribution < 1.29 is 13.2 Å². The normalized spacial score (nSPS) is 20.4. The lowest BCUT2D eigenvalue weighted by atomic mass is 9.92. The molecule has 1 aromatic carbocycles. The van der Waals surface area contributed by atoms with E-state index in [2.05, 4.69) is 5.32 Å². The summed E-state index contributed by atoms with van der Waals surface area (Å²) in [7, 11) is -3.47. The molecule has 1 aliphatic carbocycles. The Bertz CT molecular complexity index is 752. The molecule has 1 N–H and O–H groups in total. The first kappa shape index (κ1) is 19.4. The van der Waals surface area contributed by atoms with Crippen molar-refractivity contribution in [1.29, 1.82) is 0 Å². The van der Waals surface area contributed by atoms with Crippen LogP contribution < -0.4 is 5.32 Å². The Balaban J connectivity index is 1.66. The molecule has 1 aliphatic heterocycles. The van der Waals surface area contributed by atoms with Gasteiger partial charge in [-0.25, -0.2) is 8.42 Å². The quantitative estimate of drug-likeness (QED) is 0.857. The Morgan fingerprint density at radius 3 is 2.50 bits per heavy atom. The molecule has 1 heterocycles. The first-order valence-electron chi connectivity index (χ1n) is 9.84. The van der Waals surface area contributed by atoms with Crippen LogP contribution in [0.1, 0.15) is 57.1 Å². The minimum absolute atomic E-state index is 0.0604. The Morgan fingerprint density at radius 1 is 1.19 bits per heavy atom. The second-order valence-electron chi connectivity index (χ2n) is 7.63. The van der Waals surface area contributed by atoms with Gasteiger partial charge in [-0.1, -0.05) is 13.0 Å². The number of rotatable bonds is 5.